The first-order valence-electron chi connectivity index (χ1n) is 9.28. The molecule has 2 heterocycles. The van der Waals surface area contributed by atoms with Crippen molar-refractivity contribution in [2.75, 3.05) is 19.5 Å². The fraction of sp³-hybridized carbons (Fsp3) is 0.350. The summed E-state index contributed by atoms with van der Waals surface area (Å²) in [5, 5.41) is 6.90. The fourth-order valence-electron chi connectivity index (χ4n) is 3.52. The van der Waals surface area contributed by atoms with Crippen LogP contribution in [-0.4, -0.2) is 30.3 Å². The number of amides is 1. The molecular formula is C20H23ClN4O5. The number of nitrogens with zero attached hydrogens (tertiary/aromatic N) is 2. The van der Waals surface area contributed by atoms with Crippen molar-refractivity contribution < 1.29 is 23.2 Å². The maximum absolute atomic E-state index is 12.5. The van der Waals surface area contributed by atoms with E-state index >= 15 is 0 Å². The molecule has 1 amide bonds. The summed E-state index contributed by atoms with van der Waals surface area (Å²) in [5.41, 5.74) is 6.76. The number of furan rings is 1. The van der Waals surface area contributed by atoms with Crippen LogP contribution in [0.1, 0.15) is 42.1 Å². The summed E-state index contributed by atoms with van der Waals surface area (Å²) in [7, 11) is 3.04. The Kier molecular flexibility index (Phi) is 6.33. The second-order valence-electron chi connectivity index (χ2n) is 6.97. The number of carbonyl (C=O) groups is 1. The lowest BCUT2D eigenvalue weighted by Crippen LogP contribution is -2.34. The Bertz CT molecular complexity index is 1010. The van der Waals surface area contributed by atoms with Crippen LogP contribution in [0.15, 0.2) is 39.5 Å². The summed E-state index contributed by atoms with van der Waals surface area (Å²) in [6, 6.07) is 6.51. The first-order valence-corrected chi connectivity index (χ1v) is 9.28. The van der Waals surface area contributed by atoms with E-state index in [1.807, 2.05) is 0 Å². The summed E-state index contributed by atoms with van der Waals surface area (Å²) in [6.45, 7) is 0. The molecule has 10 heteroatoms. The molecule has 3 N–H and O–H groups in total. The number of nitrogens with one attached hydrogen (secondary N) is 1. The van der Waals surface area contributed by atoms with Crippen molar-refractivity contribution in [1.29, 1.82) is 0 Å². The van der Waals surface area contributed by atoms with E-state index in [9.17, 15) is 4.79 Å². The number of rotatable bonds is 6. The van der Waals surface area contributed by atoms with E-state index in [-0.39, 0.29) is 24.1 Å². The maximum Gasteiger partial charge on any atom is 0.291 e. The van der Waals surface area contributed by atoms with Crippen LogP contribution in [0.25, 0.3) is 11.5 Å². The summed E-state index contributed by atoms with van der Waals surface area (Å²) in [5.74, 6) is 1.34. The zero-order chi connectivity index (χ0) is 20.4. The largest absolute Gasteiger partial charge is 0.493 e. The van der Waals surface area contributed by atoms with E-state index in [1.165, 1.54) is 20.5 Å². The van der Waals surface area contributed by atoms with Crippen molar-refractivity contribution in [2.45, 2.75) is 31.2 Å². The fourth-order valence-corrected chi connectivity index (χ4v) is 3.52. The van der Waals surface area contributed by atoms with Gasteiger partial charge in [-0.3, -0.25) is 4.79 Å². The van der Waals surface area contributed by atoms with Crippen molar-refractivity contribution >= 4 is 24.0 Å². The molecule has 0 unspecified atom stereocenters. The maximum atomic E-state index is 12.5. The van der Waals surface area contributed by atoms with Crippen molar-refractivity contribution in [3.63, 3.8) is 0 Å². The van der Waals surface area contributed by atoms with Gasteiger partial charge in [-0.1, -0.05) is 18.0 Å². The monoisotopic (exact) mass is 434 g/mol. The number of hydrogen-bond donors (Lipinski definition) is 2. The van der Waals surface area contributed by atoms with Crippen LogP contribution in [0.2, 0.25) is 0 Å². The highest BCUT2D eigenvalue weighted by atomic mass is 35.5. The van der Waals surface area contributed by atoms with Crippen LogP contribution in [0.4, 0.5) is 5.69 Å². The molecule has 0 atom stereocenters. The van der Waals surface area contributed by atoms with Crippen LogP contribution in [0.5, 0.6) is 11.5 Å². The molecule has 4 rings (SSSR count). The van der Waals surface area contributed by atoms with E-state index in [2.05, 4.69) is 15.5 Å². The van der Waals surface area contributed by atoms with Gasteiger partial charge in [0.15, 0.2) is 23.1 Å². The SMILES string of the molecule is COc1cc(NC(=O)c2ccco2)c(-c2nc(C3(N)CCCC3)no2)cc1OC.Cl. The van der Waals surface area contributed by atoms with Gasteiger partial charge in [-0.25, -0.2) is 0 Å². The lowest BCUT2D eigenvalue weighted by molar-refractivity contribution is 0.0996. The molecule has 3 aromatic rings. The summed E-state index contributed by atoms with van der Waals surface area (Å²) in [6.07, 6.45) is 5.10. The normalized spacial score (nSPS) is 14.8. The first kappa shape index (κ1) is 21.7. The number of methoxy groups -OCH3 is 2. The number of aromatic nitrogens is 2. The zero-order valence-corrected chi connectivity index (χ0v) is 17.5. The van der Waals surface area contributed by atoms with E-state index in [0.29, 0.717) is 28.6 Å². The van der Waals surface area contributed by atoms with Gasteiger partial charge in [0.05, 0.1) is 37.3 Å². The Morgan fingerprint density at radius 3 is 2.53 bits per heavy atom. The molecule has 9 nitrogen and oxygen atoms in total. The van der Waals surface area contributed by atoms with Gasteiger partial charge in [0.2, 0.25) is 0 Å². The molecular weight excluding hydrogens is 412 g/mol. The minimum absolute atomic E-state index is 0. The van der Waals surface area contributed by atoms with Crippen molar-refractivity contribution in [2.24, 2.45) is 5.73 Å². The molecule has 0 bridgehead atoms. The van der Waals surface area contributed by atoms with Crippen molar-refractivity contribution in [1.82, 2.24) is 10.1 Å². The molecule has 2 aromatic heterocycles. The molecule has 0 spiro atoms. The van der Waals surface area contributed by atoms with Gasteiger partial charge >= 0.3 is 0 Å². The smallest absolute Gasteiger partial charge is 0.291 e. The lowest BCUT2D eigenvalue weighted by atomic mass is 9.98. The predicted molar refractivity (Wildman–Crippen MR) is 111 cm³/mol. The number of ether oxygens (including phenoxy) is 2. The zero-order valence-electron chi connectivity index (χ0n) is 16.6. The Morgan fingerprint density at radius 1 is 1.20 bits per heavy atom. The number of halogens is 1. The van der Waals surface area contributed by atoms with E-state index in [0.717, 1.165) is 25.7 Å². The highest BCUT2D eigenvalue weighted by Crippen LogP contribution is 2.40. The molecule has 1 aromatic carbocycles. The third-order valence-electron chi connectivity index (χ3n) is 5.11. The molecule has 1 fully saturated rings. The average molecular weight is 435 g/mol. The predicted octanol–water partition coefficient (Wildman–Crippen LogP) is 3.75. The average Bonchev–Trinajstić information content (AvgIpc) is 3.49. The van der Waals surface area contributed by atoms with Crippen LogP contribution >= 0.6 is 12.4 Å². The van der Waals surface area contributed by atoms with Crippen LogP contribution in [0.3, 0.4) is 0 Å². The van der Waals surface area contributed by atoms with Gasteiger partial charge in [-0.2, -0.15) is 4.98 Å². The summed E-state index contributed by atoms with van der Waals surface area (Å²) < 4.78 is 21.4. The third kappa shape index (κ3) is 3.99. The van der Waals surface area contributed by atoms with Gasteiger partial charge in [0.1, 0.15) is 0 Å². The molecule has 0 radical (unpaired) electrons. The van der Waals surface area contributed by atoms with E-state index < -0.39 is 11.4 Å². The lowest BCUT2D eigenvalue weighted by Gasteiger charge is -2.17. The Hall–Kier alpha value is -3.04. The quantitative estimate of drug-likeness (QED) is 0.600. The van der Waals surface area contributed by atoms with E-state index in [1.54, 1.807) is 24.3 Å². The molecule has 1 aliphatic carbocycles. The molecule has 160 valence electrons. The van der Waals surface area contributed by atoms with Crippen molar-refractivity contribution in [3.05, 3.63) is 42.1 Å². The van der Waals surface area contributed by atoms with Gasteiger partial charge < -0.3 is 29.5 Å². The highest BCUT2D eigenvalue weighted by molar-refractivity contribution is 6.04. The number of benzene rings is 1. The number of anilines is 1. The molecule has 1 aliphatic rings. The number of nitrogens with two attached hydrogens (primary N) is 1. The molecule has 1 saturated carbocycles. The Labute approximate surface area is 179 Å². The third-order valence-corrected chi connectivity index (χ3v) is 5.11. The molecule has 0 aliphatic heterocycles. The van der Waals surface area contributed by atoms with Crippen LogP contribution in [-0.2, 0) is 5.54 Å². The second kappa shape index (κ2) is 8.76. The molecule has 30 heavy (non-hydrogen) atoms. The van der Waals surface area contributed by atoms with Gasteiger partial charge in [0, 0.05) is 6.07 Å². The number of carbonyl (C=O) groups excluding carboxylic acids is 1. The van der Waals surface area contributed by atoms with Crippen LogP contribution < -0.4 is 20.5 Å². The van der Waals surface area contributed by atoms with Gasteiger partial charge in [-0.05, 0) is 31.0 Å². The minimum Gasteiger partial charge on any atom is -0.493 e. The molecule has 0 saturated heterocycles. The van der Waals surface area contributed by atoms with E-state index in [4.69, 9.17) is 24.1 Å². The number of hydrogen-bond acceptors (Lipinski definition) is 8. The summed E-state index contributed by atoms with van der Waals surface area (Å²) in [4.78, 5) is 17.0. The van der Waals surface area contributed by atoms with Crippen LogP contribution in [0, 0.1) is 0 Å². The Balaban J connectivity index is 0.00000256. The van der Waals surface area contributed by atoms with Crippen molar-refractivity contribution in [3.8, 4) is 23.0 Å². The highest BCUT2D eigenvalue weighted by Gasteiger charge is 2.36. The first-order chi connectivity index (χ1) is 14.0. The standard InChI is InChI=1S/C20H22N4O5.ClH/c1-26-15-10-12(18-23-19(24-29-18)20(21)7-3-4-8-20)13(11-16(15)27-2)22-17(25)14-6-5-9-28-14;/h5-6,9-11H,3-4,7-8,21H2,1-2H3,(H,22,25);1H. The Morgan fingerprint density at radius 2 is 1.90 bits per heavy atom. The second-order valence-corrected chi connectivity index (χ2v) is 6.97. The summed E-state index contributed by atoms with van der Waals surface area (Å²) >= 11 is 0. The topological polar surface area (TPSA) is 126 Å². The minimum atomic E-state index is -0.587. The van der Waals surface area contributed by atoms with Gasteiger partial charge in [-0.15, -0.1) is 12.4 Å². The van der Waals surface area contributed by atoms with Gasteiger partial charge in [0.25, 0.3) is 11.8 Å².